The minimum atomic E-state index is -1.03. The van der Waals surface area contributed by atoms with E-state index in [0.717, 1.165) is 40.9 Å². The van der Waals surface area contributed by atoms with Crippen LogP contribution in [0, 0.1) is 5.92 Å². The largest absolute Gasteiger partial charge is 0.334 e. The van der Waals surface area contributed by atoms with E-state index in [1.54, 1.807) is 0 Å². The van der Waals surface area contributed by atoms with Crippen molar-refractivity contribution in [3.05, 3.63) is 71.3 Å². The molecule has 1 spiro atoms. The molecule has 1 N–H and O–H groups in total. The highest BCUT2D eigenvalue weighted by Gasteiger charge is 2.55. The van der Waals surface area contributed by atoms with Crippen molar-refractivity contribution in [1.82, 2.24) is 15.1 Å². The lowest BCUT2D eigenvalue weighted by molar-refractivity contribution is -0.141. The Hall–Kier alpha value is -3.15. The number of rotatable bonds is 6. The predicted octanol–water partition coefficient (Wildman–Crippen LogP) is 3.21. The van der Waals surface area contributed by atoms with E-state index in [0.29, 0.717) is 18.9 Å². The zero-order chi connectivity index (χ0) is 21.6. The Morgan fingerprint density at radius 1 is 1.13 bits per heavy atom. The van der Waals surface area contributed by atoms with Crippen molar-refractivity contribution in [3.63, 3.8) is 0 Å². The van der Waals surface area contributed by atoms with E-state index in [1.165, 1.54) is 0 Å². The fourth-order valence-corrected chi connectivity index (χ4v) is 5.03. The molecule has 4 amide bonds. The van der Waals surface area contributed by atoms with Crippen molar-refractivity contribution >= 4 is 17.8 Å². The van der Waals surface area contributed by atoms with Crippen molar-refractivity contribution in [2.24, 2.45) is 5.92 Å². The molecule has 1 heterocycles. The number of nitrogens with one attached hydrogen (secondary N) is 1. The van der Waals surface area contributed by atoms with Gasteiger partial charge < -0.3 is 10.2 Å². The van der Waals surface area contributed by atoms with E-state index < -0.39 is 11.6 Å². The smallest absolute Gasteiger partial charge is 0.325 e. The van der Waals surface area contributed by atoms with Crippen LogP contribution < -0.4 is 5.32 Å². The Morgan fingerprint density at radius 3 is 2.58 bits per heavy atom. The van der Waals surface area contributed by atoms with Crippen LogP contribution in [-0.4, -0.2) is 40.2 Å². The first-order chi connectivity index (χ1) is 15.0. The van der Waals surface area contributed by atoms with E-state index in [2.05, 4.69) is 12.2 Å². The Balaban J connectivity index is 1.37. The van der Waals surface area contributed by atoms with Gasteiger partial charge in [-0.25, -0.2) is 4.79 Å². The van der Waals surface area contributed by atoms with Crippen LogP contribution in [0.2, 0.25) is 0 Å². The van der Waals surface area contributed by atoms with Gasteiger partial charge in [-0.05, 0) is 55.2 Å². The average Bonchev–Trinajstić information content (AvgIpc) is 3.54. The number of hydrogen-bond donors (Lipinski definition) is 1. The van der Waals surface area contributed by atoms with E-state index >= 15 is 0 Å². The summed E-state index contributed by atoms with van der Waals surface area (Å²) in [5.74, 6) is -0.00607. The molecule has 0 aromatic heterocycles. The summed E-state index contributed by atoms with van der Waals surface area (Å²) in [6, 6.07) is 17.2. The number of amides is 4. The molecule has 2 fully saturated rings. The highest BCUT2D eigenvalue weighted by molar-refractivity contribution is 6.09. The number of benzene rings is 2. The van der Waals surface area contributed by atoms with E-state index in [1.807, 2.05) is 59.5 Å². The minimum absolute atomic E-state index is 0.0784. The van der Waals surface area contributed by atoms with Gasteiger partial charge in [-0.2, -0.15) is 0 Å². The molecule has 6 heteroatoms. The third kappa shape index (κ3) is 3.40. The molecule has 6 nitrogen and oxygen atoms in total. The van der Waals surface area contributed by atoms with Gasteiger partial charge in [0.1, 0.15) is 12.1 Å². The fraction of sp³-hybridized carbons (Fsp3) is 0.400. The number of hydrogen-bond acceptors (Lipinski definition) is 3. The molecule has 2 aliphatic carbocycles. The molecule has 31 heavy (non-hydrogen) atoms. The third-order valence-electron chi connectivity index (χ3n) is 7.03. The lowest BCUT2D eigenvalue weighted by atomic mass is 9.92. The Morgan fingerprint density at radius 2 is 1.84 bits per heavy atom. The second kappa shape index (κ2) is 7.52. The van der Waals surface area contributed by atoms with Gasteiger partial charge in [0.25, 0.3) is 5.91 Å². The minimum Gasteiger partial charge on any atom is -0.334 e. The van der Waals surface area contributed by atoms with Gasteiger partial charge >= 0.3 is 6.03 Å². The molecule has 160 valence electrons. The van der Waals surface area contributed by atoms with Gasteiger partial charge in [0.2, 0.25) is 5.91 Å². The number of carbonyl (C=O) groups excluding carboxylic acids is 3. The molecule has 0 bridgehead atoms. The molecule has 2 atom stereocenters. The SMILES string of the molecule is C[C@@H](C1CC1)N(Cc1ccccc1)C(=O)CN1C(=O)N[C@@]2(CCc3ccccc32)C1=O. The summed E-state index contributed by atoms with van der Waals surface area (Å²) in [6.07, 6.45) is 3.50. The number of urea groups is 1. The number of fused-ring (bicyclic) bond motifs is 2. The lowest BCUT2D eigenvalue weighted by Crippen LogP contribution is -2.47. The van der Waals surface area contributed by atoms with Crippen LogP contribution in [0.15, 0.2) is 54.6 Å². The van der Waals surface area contributed by atoms with Crippen LogP contribution in [0.4, 0.5) is 4.79 Å². The van der Waals surface area contributed by atoms with Crippen LogP contribution in [0.5, 0.6) is 0 Å². The molecule has 1 aliphatic heterocycles. The van der Waals surface area contributed by atoms with Crippen LogP contribution in [-0.2, 0) is 28.1 Å². The van der Waals surface area contributed by atoms with Gasteiger partial charge in [0.15, 0.2) is 0 Å². The number of aryl methyl sites for hydroxylation is 1. The Bertz CT molecular complexity index is 1030. The molecule has 2 aromatic carbocycles. The molecule has 1 saturated carbocycles. The summed E-state index contributed by atoms with van der Waals surface area (Å²) in [4.78, 5) is 42.5. The average molecular weight is 418 g/mol. The summed E-state index contributed by atoms with van der Waals surface area (Å²) < 4.78 is 0. The number of imide groups is 1. The van der Waals surface area contributed by atoms with Gasteiger partial charge in [-0.3, -0.25) is 14.5 Å². The van der Waals surface area contributed by atoms with Crippen LogP contribution in [0.25, 0.3) is 0 Å². The zero-order valence-electron chi connectivity index (χ0n) is 17.7. The Labute approximate surface area is 182 Å². The normalized spacial score (nSPS) is 23.1. The summed E-state index contributed by atoms with van der Waals surface area (Å²) in [5.41, 5.74) is 1.95. The molecular formula is C25H27N3O3. The fourth-order valence-electron chi connectivity index (χ4n) is 5.03. The van der Waals surface area contributed by atoms with Crippen molar-refractivity contribution in [3.8, 4) is 0 Å². The first kappa shape index (κ1) is 19.8. The van der Waals surface area contributed by atoms with Gasteiger partial charge in [0.05, 0.1) is 0 Å². The number of carbonyl (C=O) groups is 3. The highest BCUT2D eigenvalue weighted by Crippen LogP contribution is 2.41. The second-order valence-corrected chi connectivity index (χ2v) is 8.97. The van der Waals surface area contributed by atoms with Crippen LogP contribution >= 0.6 is 0 Å². The summed E-state index contributed by atoms with van der Waals surface area (Å²) in [7, 11) is 0. The van der Waals surface area contributed by atoms with Crippen LogP contribution in [0.1, 0.15) is 42.9 Å². The summed E-state index contributed by atoms with van der Waals surface area (Å²) in [5, 5.41) is 2.91. The highest BCUT2D eigenvalue weighted by atomic mass is 16.2. The topological polar surface area (TPSA) is 69.7 Å². The zero-order valence-corrected chi connectivity index (χ0v) is 17.7. The monoisotopic (exact) mass is 417 g/mol. The standard InChI is InChI=1S/C25H27N3O3/c1-17(19-11-12-19)27(15-18-7-3-2-4-8-18)22(29)16-28-23(30)25(26-24(28)31)14-13-20-9-5-6-10-21(20)25/h2-10,17,19H,11-16H2,1H3,(H,26,31)/t17-,25+/m0/s1. The molecule has 3 aliphatic rings. The quantitative estimate of drug-likeness (QED) is 0.734. The molecule has 5 rings (SSSR count). The maximum absolute atomic E-state index is 13.4. The predicted molar refractivity (Wildman–Crippen MR) is 116 cm³/mol. The summed E-state index contributed by atoms with van der Waals surface area (Å²) >= 11 is 0. The van der Waals surface area contributed by atoms with Crippen molar-refractivity contribution < 1.29 is 14.4 Å². The molecule has 2 aromatic rings. The Kier molecular flexibility index (Phi) is 4.80. The maximum atomic E-state index is 13.4. The first-order valence-corrected chi connectivity index (χ1v) is 11.1. The maximum Gasteiger partial charge on any atom is 0.325 e. The van der Waals surface area contributed by atoms with E-state index in [4.69, 9.17) is 0 Å². The number of nitrogens with zero attached hydrogens (tertiary/aromatic N) is 2. The first-order valence-electron chi connectivity index (χ1n) is 11.1. The van der Waals surface area contributed by atoms with E-state index in [-0.39, 0.29) is 24.4 Å². The van der Waals surface area contributed by atoms with Crippen molar-refractivity contribution in [2.75, 3.05) is 6.54 Å². The van der Waals surface area contributed by atoms with Crippen molar-refractivity contribution in [2.45, 2.75) is 50.7 Å². The molecule has 1 saturated heterocycles. The van der Waals surface area contributed by atoms with Gasteiger partial charge in [0, 0.05) is 12.6 Å². The molecule has 0 unspecified atom stereocenters. The second-order valence-electron chi connectivity index (χ2n) is 8.97. The third-order valence-corrected chi connectivity index (χ3v) is 7.03. The summed E-state index contributed by atoms with van der Waals surface area (Å²) in [6.45, 7) is 2.33. The van der Waals surface area contributed by atoms with E-state index in [9.17, 15) is 14.4 Å². The molecule has 0 radical (unpaired) electrons. The molecular weight excluding hydrogens is 390 g/mol. The lowest BCUT2D eigenvalue weighted by Gasteiger charge is -2.31. The van der Waals surface area contributed by atoms with Crippen LogP contribution in [0.3, 0.4) is 0 Å². The van der Waals surface area contributed by atoms with Gasteiger partial charge in [-0.1, -0.05) is 54.6 Å². The van der Waals surface area contributed by atoms with Crippen molar-refractivity contribution in [1.29, 1.82) is 0 Å². The van der Waals surface area contributed by atoms with Gasteiger partial charge in [-0.15, -0.1) is 0 Å².